The van der Waals surface area contributed by atoms with Crippen LogP contribution in [0.2, 0.25) is 0 Å². The predicted molar refractivity (Wildman–Crippen MR) is 78.2 cm³/mol. The van der Waals surface area contributed by atoms with E-state index in [0.29, 0.717) is 20.3 Å². The highest BCUT2D eigenvalue weighted by molar-refractivity contribution is 9.10. The molecule has 0 radical (unpaired) electrons. The van der Waals surface area contributed by atoms with E-state index in [4.69, 9.17) is 4.74 Å². The second-order valence-corrected chi connectivity index (χ2v) is 5.57. The van der Waals surface area contributed by atoms with Crippen molar-refractivity contribution in [3.8, 4) is 5.75 Å². The molecule has 0 aromatic heterocycles. The van der Waals surface area contributed by atoms with Crippen LogP contribution in [0.15, 0.2) is 45.3 Å². The van der Waals surface area contributed by atoms with Crippen molar-refractivity contribution in [2.45, 2.75) is 0 Å². The molecule has 2 nitrogen and oxygen atoms in total. The molecule has 2 aromatic rings. The summed E-state index contributed by atoms with van der Waals surface area (Å²) < 4.78 is 20.0. The van der Waals surface area contributed by atoms with E-state index in [1.165, 1.54) is 19.2 Å². The summed E-state index contributed by atoms with van der Waals surface area (Å²) in [5.41, 5.74) is 0.427. The molecule has 0 saturated heterocycles. The van der Waals surface area contributed by atoms with Crippen LogP contribution in [0, 0.1) is 5.82 Å². The number of ether oxygens (including phenoxy) is 1. The van der Waals surface area contributed by atoms with Gasteiger partial charge < -0.3 is 4.74 Å². The Bertz CT molecular complexity index is 641. The summed E-state index contributed by atoms with van der Waals surface area (Å²) in [6, 6.07) is 9.29. The van der Waals surface area contributed by atoms with Gasteiger partial charge >= 0.3 is 0 Å². The Balaban J connectivity index is 2.44. The Morgan fingerprint density at radius 2 is 1.79 bits per heavy atom. The number of hydrogen-bond donors (Lipinski definition) is 0. The Hall–Kier alpha value is -1.20. The molecule has 2 rings (SSSR count). The van der Waals surface area contributed by atoms with Gasteiger partial charge in [0, 0.05) is 14.5 Å². The number of carbonyl (C=O) groups is 1. The zero-order valence-corrected chi connectivity index (χ0v) is 13.1. The second-order valence-electron chi connectivity index (χ2n) is 3.80. The van der Waals surface area contributed by atoms with Crippen molar-refractivity contribution in [2.75, 3.05) is 7.11 Å². The van der Waals surface area contributed by atoms with Crippen LogP contribution in [-0.4, -0.2) is 12.9 Å². The quantitative estimate of drug-likeness (QED) is 0.720. The van der Waals surface area contributed by atoms with Crippen LogP contribution in [0.1, 0.15) is 15.9 Å². The lowest BCUT2D eigenvalue weighted by Crippen LogP contribution is -2.05. The SMILES string of the molecule is COc1ccc(C(=O)c2ccc(Br)cc2F)c(Br)c1. The first-order chi connectivity index (χ1) is 9.02. The molecule has 0 amide bonds. The van der Waals surface area contributed by atoms with Gasteiger partial charge in [0.25, 0.3) is 0 Å². The van der Waals surface area contributed by atoms with Gasteiger partial charge in [-0.15, -0.1) is 0 Å². The maximum absolute atomic E-state index is 13.8. The summed E-state index contributed by atoms with van der Waals surface area (Å²) in [6.45, 7) is 0. The summed E-state index contributed by atoms with van der Waals surface area (Å²) in [6.07, 6.45) is 0. The number of halogens is 3. The van der Waals surface area contributed by atoms with Gasteiger partial charge in [-0.3, -0.25) is 4.79 Å². The second kappa shape index (κ2) is 5.84. The van der Waals surface area contributed by atoms with Crippen molar-refractivity contribution in [3.05, 3.63) is 62.3 Å². The first-order valence-electron chi connectivity index (χ1n) is 5.36. The van der Waals surface area contributed by atoms with E-state index in [1.54, 1.807) is 24.3 Å². The van der Waals surface area contributed by atoms with Crippen LogP contribution in [0.25, 0.3) is 0 Å². The number of hydrogen-bond acceptors (Lipinski definition) is 2. The minimum absolute atomic E-state index is 0.0362. The zero-order chi connectivity index (χ0) is 14.0. The third-order valence-corrected chi connectivity index (χ3v) is 3.75. The molecule has 0 aliphatic carbocycles. The molecular weight excluding hydrogens is 379 g/mol. The highest BCUT2D eigenvalue weighted by Crippen LogP contribution is 2.26. The van der Waals surface area contributed by atoms with Crippen molar-refractivity contribution in [3.63, 3.8) is 0 Å². The number of benzene rings is 2. The van der Waals surface area contributed by atoms with E-state index in [9.17, 15) is 9.18 Å². The first-order valence-corrected chi connectivity index (χ1v) is 6.95. The van der Waals surface area contributed by atoms with E-state index in [-0.39, 0.29) is 11.3 Å². The fraction of sp³-hybridized carbons (Fsp3) is 0.0714. The van der Waals surface area contributed by atoms with Gasteiger partial charge in [0.1, 0.15) is 11.6 Å². The van der Waals surface area contributed by atoms with Crippen LogP contribution in [0.3, 0.4) is 0 Å². The molecule has 0 aliphatic heterocycles. The van der Waals surface area contributed by atoms with Crippen LogP contribution < -0.4 is 4.74 Å². The Labute approximate surface area is 126 Å². The number of ketones is 1. The fourth-order valence-electron chi connectivity index (χ4n) is 1.63. The van der Waals surface area contributed by atoms with E-state index in [2.05, 4.69) is 31.9 Å². The normalized spacial score (nSPS) is 10.3. The summed E-state index contributed by atoms with van der Waals surface area (Å²) in [5.74, 6) is -0.304. The molecular formula is C14H9Br2FO2. The maximum Gasteiger partial charge on any atom is 0.197 e. The molecule has 0 unspecified atom stereocenters. The highest BCUT2D eigenvalue weighted by Gasteiger charge is 2.17. The van der Waals surface area contributed by atoms with Crippen LogP contribution in [0.5, 0.6) is 5.75 Å². The van der Waals surface area contributed by atoms with Gasteiger partial charge in [0.15, 0.2) is 5.78 Å². The molecule has 0 bridgehead atoms. The smallest absolute Gasteiger partial charge is 0.197 e. The molecule has 0 heterocycles. The summed E-state index contributed by atoms with van der Waals surface area (Å²) in [7, 11) is 1.54. The fourth-order valence-corrected chi connectivity index (χ4v) is 2.50. The Kier molecular flexibility index (Phi) is 4.37. The molecule has 19 heavy (non-hydrogen) atoms. The van der Waals surface area contributed by atoms with Crippen LogP contribution >= 0.6 is 31.9 Å². The van der Waals surface area contributed by atoms with Gasteiger partial charge in [-0.05, 0) is 52.3 Å². The average molecular weight is 388 g/mol. The molecule has 0 N–H and O–H groups in total. The minimum atomic E-state index is -0.554. The molecule has 0 saturated carbocycles. The summed E-state index contributed by atoms with van der Waals surface area (Å²) in [4.78, 5) is 12.3. The van der Waals surface area contributed by atoms with E-state index in [1.807, 2.05) is 0 Å². The zero-order valence-electron chi connectivity index (χ0n) is 9.91. The lowest BCUT2D eigenvalue weighted by molar-refractivity contribution is 0.103. The molecule has 0 fully saturated rings. The van der Waals surface area contributed by atoms with E-state index in [0.717, 1.165) is 0 Å². The number of methoxy groups -OCH3 is 1. The van der Waals surface area contributed by atoms with E-state index >= 15 is 0 Å². The molecule has 5 heteroatoms. The maximum atomic E-state index is 13.8. The molecule has 2 aromatic carbocycles. The van der Waals surface area contributed by atoms with Crippen molar-refractivity contribution in [1.82, 2.24) is 0 Å². The van der Waals surface area contributed by atoms with E-state index < -0.39 is 5.82 Å². The van der Waals surface area contributed by atoms with Crippen molar-refractivity contribution in [1.29, 1.82) is 0 Å². The van der Waals surface area contributed by atoms with Crippen molar-refractivity contribution < 1.29 is 13.9 Å². The monoisotopic (exact) mass is 386 g/mol. The Morgan fingerprint density at radius 1 is 1.11 bits per heavy atom. The van der Waals surface area contributed by atoms with Gasteiger partial charge in [0.2, 0.25) is 0 Å². The van der Waals surface area contributed by atoms with Crippen LogP contribution in [-0.2, 0) is 0 Å². The van der Waals surface area contributed by atoms with Gasteiger partial charge in [-0.25, -0.2) is 4.39 Å². The predicted octanol–water partition coefficient (Wildman–Crippen LogP) is 4.59. The van der Waals surface area contributed by atoms with Crippen molar-refractivity contribution >= 4 is 37.6 Å². The largest absolute Gasteiger partial charge is 0.497 e. The first kappa shape index (κ1) is 14.2. The third kappa shape index (κ3) is 3.04. The van der Waals surface area contributed by atoms with Gasteiger partial charge in [0.05, 0.1) is 12.7 Å². The standard InChI is InChI=1S/C14H9Br2FO2/c1-19-9-3-5-10(12(16)7-9)14(18)11-4-2-8(15)6-13(11)17/h2-7H,1H3. The Morgan fingerprint density at radius 3 is 2.37 bits per heavy atom. The third-order valence-electron chi connectivity index (χ3n) is 2.60. The molecule has 0 atom stereocenters. The van der Waals surface area contributed by atoms with Crippen LogP contribution in [0.4, 0.5) is 4.39 Å². The molecule has 0 aliphatic rings. The molecule has 98 valence electrons. The lowest BCUT2D eigenvalue weighted by Gasteiger charge is -2.07. The average Bonchev–Trinajstić information content (AvgIpc) is 2.37. The topological polar surface area (TPSA) is 26.3 Å². The van der Waals surface area contributed by atoms with Gasteiger partial charge in [-0.1, -0.05) is 15.9 Å². The lowest BCUT2D eigenvalue weighted by atomic mass is 10.0. The number of rotatable bonds is 3. The molecule has 0 spiro atoms. The summed E-state index contributed by atoms with van der Waals surface area (Å²) >= 11 is 6.45. The highest BCUT2D eigenvalue weighted by atomic mass is 79.9. The summed E-state index contributed by atoms with van der Waals surface area (Å²) in [5, 5.41) is 0. The van der Waals surface area contributed by atoms with Crippen molar-refractivity contribution in [2.24, 2.45) is 0 Å². The number of carbonyl (C=O) groups excluding carboxylic acids is 1. The minimum Gasteiger partial charge on any atom is -0.497 e. The van der Waals surface area contributed by atoms with Gasteiger partial charge in [-0.2, -0.15) is 0 Å².